The number of azide groups is 1. The number of aliphatic imine (C=N–C) groups is 1. The van der Waals surface area contributed by atoms with Crippen LogP contribution in [0.5, 0.6) is 0 Å². The number of rotatable bonds is 2. The Labute approximate surface area is 73.3 Å². The van der Waals surface area contributed by atoms with Gasteiger partial charge in [-0.05, 0) is 40.1 Å². The molecular weight excluding hydrogens is 152 g/mol. The zero-order chi connectivity index (χ0) is 9.83. The molecule has 0 bridgehead atoms. The van der Waals surface area contributed by atoms with Crippen molar-refractivity contribution in [1.82, 2.24) is 0 Å². The summed E-state index contributed by atoms with van der Waals surface area (Å²) in [6.07, 6.45) is 1.69. The average Bonchev–Trinajstić information content (AvgIpc) is 1.83. The zero-order valence-corrected chi connectivity index (χ0v) is 8.37. The zero-order valence-electron chi connectivity index (χ0n) is 8.37. The van der Waals surface area contributed by atoms with Gasteiger partial charge in [0.15, 0.2) is 0 Å². The van der Waals surface area contributed by atoms with E-state index in [1.165, 1.54) is 0 Å². The molecule has 0 aliphatic rings. The van der Waals surface area contributed by atoms with Crippen molar-refractivity contribution in [3.8, 4) is 0 Å². The van der Waals surface area contributed by atoms with Crippen molar-refractivity contribution in [3.63, 3.8) is 0 Å². The molecule has 0 spiro atoms. The summed E-state index contributed by atoms with van der Waals surface area (Å²) in [5, 5.41) is 3.59. The molecular formula is C8H16N4. The Morgan fingerprint density at radius 1 is 1.17 bits per heavy atom. The van der Waals surface area contributed by atoms with E-state index in [4.69, 9.17) is 5.53 Å². The maximum absolute atomic E-state index is 8.23. The third-order valence-electron chi connectivity index (χ3n) is 1.07. The van der Waals surface area contributed by atoms with Crippen LogP contribution in [0.25, 0.3) is 10.4 Å². The predicted octanol–water partition coefficient (Wildman–Crippen LogP) is 2.94. The minimum Gasteiger partial charge on any atom is -0.291 e. The van der Waals surface area contributed by atoms with E-state index in [0.717, 1.165) is 0 Å². The first-order valence-corrected chi connectivity index (χ1v) is 3.89. The fourth-order valence-corrected chi connectivity index (χ4v) is 0.493. The van der Waals surface area contributed by atoms with Crippen molar-refractivity contribution in [3.05, 3.63) is 10.4 Å². The summed E-state index contributed by atoms with van der Waals surface area (Å²) in [6.45, 7) is 9.63. The molecule has 0 aromatic rings. The Kier molecular flexibility index (Phi) is 3.28. The second-order valence-corrected chi connectivity index (χ2v) is 4.27. The highest BCUT2D eigenvalue weighted by atomic mass is 15.2. The molecule has 0 fully saturated rings. The van der Waals surface area contributed by atoms with E-state index < -0.39 is 5.54 Å². The van der Waals surface area contributed by atoms with E-state index in [9.17, 15) is 0 Å². The van der Waals surface area contributed by atoms with Crippen LogP contribution in [-0.2, 0) is 0 Å². The molecule has 0 aliphatic heterocycles. The Bertz CT molecular complexity index is 216. The number of nitrogens with zero attached hydrogens (tertiary/aromatic N) is 4. The van der Waals surface area contributed by atoms with Crippen molar-refractivity contribution in [2.75, 3.05) is 0 Å². The predicted molar refractivity (Wildman–Crippen MR) is 51.5 cm³/mol. The quantitative estimate of drug-likeness (QED) is 0.263. The van der Waals surface area contributed by atoms with E-state index in [-0.39, 0.29) is 5.54 Å². The van der Waals surface area contributed by atoms with Crippen molar-refractivity contribution in [2.45, 2.75) is 45.7 Å². The Balaban J connectivity index is 4.43. The van der Waals surface area contributed by atoms with Gasteiger partial charge in [-0.3, -0.25) is 4.99 Å². The lowest BCUT2D eigenvalue weighted by atomic mass is 10.1. The van der Waals surface area contributed by atoms with Gasteiger partial charge in [0.25, 0.3) is 0 Å². The fraction of sp³-hybridized carbons (Fsp3) is 0.875. The lowest BCUT2D eigenvalue weighted by molar-refractivity contribution is 0.574. The van der Waals surface area contributed by atoms with Gasteiger partial charge in [0.1, 0.15) is 0 Å². The first kappa shape index (κ1) is 11.0. The summed E-state index contributed by atoms with van der Waals surface area (Å²) in [7, 11) is 0. The lowest BCUT2D eigenvalue weighted by Gasteiger charge is -2.16. The molecule has 0 aliphatic carbocycles. The maximum atomic E-state index is 8.23. The molecule has 68 valence electrons. The third kappa shape index (κ3) is 5.74. The van der Waals surface area contributed by atoms with E-state index in [2.05, 4.69) is 15.0 Å². The lowest BCUT2D eigenvalue weighted by Crippen LogP contribution is -2.21. The summed E-state index contributed by atoms with van der Waals surface area (Å²) in [4.78, 5) is 7.00. The third-order valence-corrected chi connectivity index (χ3v) is 1.07. The van der Waals surface area contributed by atoms with E-state index in [1.54, 1.807) is 6.21 Å². The molecule has 0 saturated heterocycles. The van der Waals surface area contributed by atoms with Gasteiger partial charge in [0.05, 0.1) is 11.1 Å². The van der Waals surface area contributed by atoms with Crippen LogP contribution in [-0.4, -0.2) is 17.3 Å². The first-order valence-electron chi connectivity index (χ1n) is 3.89. The minimum atomic E-state index is -0.526. The highest BCUT2D eigenvalue weighted by molar-refractivity contribution is 5.69. The van der Waals surface area contributed by atoms with Crippen LogP contribution in [0.3, 0.4) is 0 Å². The SMILES string of the molecule is CC(C)(C)N=CC(C)(C)N=[N+]=[N-]. The van der Waals surface area contributed by atoms with Crippen LogP contribution in [0.15, 0.2) is 10.1 Å². The maximum Gasteiger partial charge on any atom is 0.0780 e. The van der Waals surface area contributed by atoms with Gasteiger partial charge >= 0.3 is 0 Å². The highest BCUT2D eigenvalue weighted by Crippen LogP contribution is 2.10. The van der Waals surface area contributed by atoms with Gasteiger partial charge in [0.2, 0.25) is 0 Å². The molecule has 0 unspecified atom stereocenters. The molecule has 0 aromatic heterocycles. The summed E-state index contributed by atoms with van der Waals surface area (Å²) < 4.78 is 0. The smallest absolute Gasteiger partial charge is 0.0780 e. The van der Waals surface area contributed by atoms with Crippen molar-refractivity contribution in [1.29, 1.82) is 0 Å². The van der Waals surface area contributed by atoms with Crippen LogP contribution in [0.4, 0.5) is 0 Å². The number of hydrogen-bond donors (Lipinski definition) is 0. The van der Waals surface area contributed by atoms with Crippen LogP contribution in [0.2, 0.25) is 0 Å². The molecule has 0 aromatic carbocycles. The highest BCUT2D eigenvalue weighted by Gasteiger charge is 2.14. The molecule has 12 heavy (non-hydrogen) atoms. The Morgan fingerprint density at radius 2 is 1.67 bits per heavy atom. The van der Waals surface area contributed by atoms with Crippen LogP contribution in [0.1, 0.15) is 34.6 Å². The largest absolute Gasteiger partial charge is 0.291 e. The number of hydrogen-bond acceptors (Lipinski definition) is 2. The molecule has 0 radical (unpaired) electrons. The Morgan fingerprint density at radius 3 is 2.00 bits per heavy atom. The van der Waals surface area contributed by atoms with Gasteiger partial charge in [-0.1, -0.05) is 5.11 Å². The van der Waals surface area contributed by atoms with Crippen LogP contribution < -0.4 is 0 Å². The monoisotopic (exact) mass is 168 g/mol. The van der Waals surface area contributed by atoms with Crippen molar-refractivity contribution >= 4 is 6.21 Å². The second-order valence-electron chi connectivity index (χ2n) is 4.27. The van der Waals surface area contributed by atoms with E-state index in [1.807, 2.05) is 34.6 Å². The van der Waals surface area contributed by atoms with Gasteiger partial charge in [-0.15, -0.1) is 0 Å². The van der Waals surface area contributed by atoms with Gasteiger partial charge in [0, 0.05) is 11.1 Å². The standard InChI is InChI=1S/C8H16N4/c1-7(2,3)10-6-8(4,5)11-12-9/h6H,1-5H3. The summed E-state index contributed by atoms with van der Waals surface area (Å²) in [5.41, 5.74) is 7.59. The molecule has 0 amide bonds. The Hall–Kier alpha value is -1.02. The van der Waals surface area contributed by atoms with E-state index >= 15 is 0 Å². The van der Waals surface area contributed by atoms with Gasteiger partial charge in [-0.2, -0.15) is 0 Å². The van der Waals surface area contributed by atoms with Crippen molar-refractivity contribution < 1.29 is 0 Å². The fourth-order valence-electron chi connectivity index (χ4n) is 0.493. The van der Waals surface area contributed by atoms with Crippen LogP contribution in [0, 0.1) is 0 Å². The first-order chi connectivity index (χ1) is 5.27. The normalized spacial score (nSPS) is 13.1. The average molecular weight is 168 g/mol. The molecule has 0 rings (SSSR count). The molecule has 0 N–H and O–H groups in total. The molecule has 4 nitrogen and oxygen atoms in total. The van der Waals surface area contributed by atoms with Gasteiger partial charge < -0.3 is 0 Å². The van der Waals surface area contributed by atoms with Crippen LogP contribution >= 0.6 is 0 Å². The van der Waals surface area contributed by atoms with E-state index in [0.29, 0.717) is 0 Å². The topological polar surface area (TPSA) is 61.1 Å². The second kappa shape index (κ2) is 3.59. The van der Waals surface area contributed by atoms with Gasteiger partial charge in [-0.25, -0.2) is 0 Å². The summed E-state index contributed by atoms with van der Waals surface area (Å²) in [6, 6.07) is 0. The minimum absolute atomic E-state index is 0.109. The molecule has 4 heteroatoms. The molecule has 0 heterocycles. The molecule has 0 saturated carbocycles. The molecule has 0 atom stereocenters. The van der Waals surface area contributed by atoms with Crippen molar-refractivity contribution in [2.24, 2.45) is 10.1 Å². The summed E-state index contributed by atoms with van der Waals surface area (Å²) >= 11 is 0. The summed E-state index contributed by atoms with van der Waals surface area (Å²) in [5.74, 6) is 0.